The molecule has 0 heterocycles. The van der Waals surface area contributed by atoms with E-state index in [-0.39, 0.29) is 36.2 Å². The van der Waals surface area contributed by atoms with E-state index in [0.29, 0.717) is 19.3 Å². The number of carboxylic acids is 1. The molecular weight excluding hydrogens is 594 g/mol. The molecular formula is C39H70NO7+. The van der Waals surface area contributed by atoms with Crippen LogP contribution in [0.15, 0.2) is 36.5 Å². The molecule has 0 aromatic rings. The number of esters is 2. The van der Waals surface area contributed by atoms with Crippen molar-refractivity contribution in [2.24, 2.45) is 0 Å². The largest absolute Gasteiger partial charge is 0.477 e. The minimum Gasteiger partial charge on any atom is -0.477 e. The summed E-state index contributed by atoms with van der Waals surface area (Å²) in [5.41, 5.74) is 0. The van der Waals surface area contributed by atoms with Crippen molar-refractivity contribution in [3.8, 4) is 0 Å². The Balaban J connectivity index is 4.45. The fourth-order valence-corrected chi connectivity index (χ4v) is 5.16. The maximum absolute atomic E-state index is 12.6. The molecule has 0 aliphatic heterocycles. The van der Waals surface area contributed by atoms with Gasteiger partial charge >= 0.3 is 17.9 Å². The molecule has 0 rings (SSSR count). The van der Waals surface area contributed by atoms with E-state index < -0.39 is 18.1 Å². The maximum atomic E-state index is 12.6. The molecule has 0 fully saturated rings. The Bertz CT molecular complexity index is 875. The Morgan fingerprint density at radius 3 is 1.77 bits per heavy atom. The SMILES string of the molecule is CC/C=C/C/C=C/C/C=C/CCCCCCC(=O)OCC(COCCC(C(=O)O)[N+](C)(C)C)OC(=O)CCCCCCCCCCC. The lowest BCUT2D eigenvalue weighted by Gasteiger charge is -2.31. The summed E-state index contributed by atoms with van der Waals surface area (Å²) in [5.74, 6) is -1.50. The molecule has 0 radical (unpaired) electrons. The number of ether oxygens (including phenoxy) is 3. The van der Waals surface area contributed by atoms with Gasteiger partial charge in [-0.3, -0.25) is 9.59 Å². The van der Waals surface area contributed by atoms with Crippen LogP contribution >= 0.6 is 0 Å². The number of carbonyl (C=O) groups is 3. The molecule has 0 bridgehead atoms. The number of rotatable bonds is 32. The zero-order valence-electron chi connectivity index (χ0n) is 30.7. The number of aliphatic carboxylic acids is 1. The number of carbonyl (C=O) groups excluding carboxylic acids is 2. The van der Waals surface area contributed by atoms with Crippen LogP contribution in [0.2, 0.25) is 0 Å². The molecule has 0 aliphatic carbocycles. The van der Waals surface area contributed by atoms with Crippen LogP contribution in [0, 0.1) is 0 Å². The first-order valence-electron chi connectivity index (χ1n) is 18.5. The van der Waals surface area contributed by atoms with Gasteiger partial charge in [-0.2, -0.15) is 0 Å². The lowest BCUT2D eigenvalue weighted by Crippen LogP contribution is -2.50. The summed E-state index contributed by atoms with van der Waals surface area (Å²) in [5, 5.41) is 9.56. The van der Waals surface area contributed by atoms with Crippen molar-refractivity contribution >= 4 is 17.9 Å². The molecule has 8 nitrogen and oxygen atoms in total. The van der Waals surface area contributed by atoms with Crippen LogP contribution in [0.3, 0.4) is 0 Å². The van der Waals surface area contributed by atoms with E-state index in [1.54, 1.807) is 0 Å². The zero-order chi connectivity index (χ0) is 35.0. The highest BCUT2D eigenvalue weighted by Gasteiger charge is 2.31. The van der Waals surface area contributed by atoms with E-state index in [4.69, 9.17) is 14.2 Å². The number of allylic oxidation sites excluding steroid dienone is 6. The fraction of sp³-hybridized carbons (Fsp3) is 0.769. The van der Waals surface area contributed by atoms with Gasteiger partial charge < -0.3 is 23.8 Å². The van der Waals surface area contributed by atoms with Gasteiger partial charge in [-0.1, -0.05) is 115 Å². The number of hydrogen-bond donors (Lipinski definition) is 1. The molecule has 0 saturated heterocycles. The van der Waals surface area contributed by atoms with Gasteiger partial charge in [0.2, 0.25) is 0 Å². The third kappa shape index (κ3) is 29.4. The van der Waals surface area contributed by atoms with Crippen molar-refractivity contribution in [1.29, 1.82) is 0 Å². The summed E-state index contributed by atoms with van der Waals surface area (Å²) < 4.78 is 17.1. The number of likely N-dealkylation sites (N-methyl/N-ethyl adjacent to an activating group) is 1. The minimum atomic E-state index is -0.880. The summed E-state index contributed by atoms with van der Waals surface area (Å²) in [7, 11) is 5.50. The van der Waals surface area contributed by atoms with Crippen LogP contribution in [0.4, 0.5) is 0 Å². The van der Waals surface area contributed by atoms with Gasteiger partial charge in [-0.05, 0) is 44.9 Å². The number of nitrogens with zero attached hydrogens (tertiary/aromatic N) is 1. The molecule has 1 N–H and O–H groups in total. The Kier molecular flexibility index (Phi) is 29.2. The second kappa shape index (κ2) is 30.9. The van der Waals surface area contributed by atoms with Gasteiger partial charge in [0.15, 0.2) is 12.1 Å². The van der Waals surface area contributed by atoms with Gasteiger partial charge in [0, 0.05) is 19.3 Å². The normalized spacial score (nSPS) is 13.5. The van der Waals surface area contributed by atoms with Gasteiger partial charge in [-0.15, -0.1) is 0 Å². The first-order valence-corrected chi connectivity index (χ1v) is 18.5. The lowest BCUT2D eigenvalue weighted by atomic mass is 10.1. The smallest absolute Gasteiger partial charge is 0.362 e. The predicted octanol–water partition coefficient (Wildman–Crippen LogP) is 9.13. The maximum Gasteiger partial charge on any atom is 0.362 e. The Morgan fingerprint density at radius 1 is 0.660 bits per heavy atom. The highest BCUT2D eigenvalue weighted by molar-refractivity contribution is 5.72. The van der Waals surface area contributed by atoms with E-state index in [9.17, 15) is 19.5 Å². The van der Waals surface area contributed by atoms with Crippen LogP contribution in [-0.4, -0.2) is 80.6 Å². The standard InChI is InChI=1S/C39H69NO7/c1-6-8-10-12-14-16-17-18-19-20-22-23-25-27-29-37(41)46-34-35(33-45-32-31-36(39(43)44)40(3,4)5)47-38(42)30-28-26-24-21-15-13-11-9-7-2/h8,10,14,16,18-19,35-36H,6-7,9,11-13,15,17,20-34H2,1-5H3/p+1/b10-8+,16-14+,19-18+. The van der Waals surface area contributed by atoms with Crippen molar-refractivity contribution < 1.29 is 38.2 Å². The van der Waals surface area contributed by atoms with E-state index in [1.165, 1.54) is 38.5 Å². The van der Waals surface area contributed by atoms with E-state index in [1.807, 2.05) is 21.1 Å². The average molecular weight is 665 g/mol. The van der Waals surface area contributed by atoms with Crippen molar-refractivity contribution in [2.45, 2.75) is 154 Å². The summed E-state index contributed by atoms with van der Waals surface area (Å²) in [6.07, 6.45) is 31.9. The monoisotopic (exact) mass is 665 g/mol. The highest BCUT2D eigenvalue weighted by atomic mass is 16.6. The number of carboxylic acid groups (broad SMARTS) is 1. The molecule has 0 aromatic heterocycles. The van der Waals surface area contributed by atoms with E-state index in [2.05, 4.69) is 50.3 Å². The van der Waals surface area contributed by atoms with E-state index >= 15 is 0 Å². The van der Waals surface area contributed by atoms with E-state index in [0.717, 1.165) is 70.6 Å². The topological polar surface area (TPSA) is 99.1 Å². The number of quaternary nitrogens is 1. The van der Waals surface area contributed by atoms with Gasteiger partial charge in [-0.25, -0.2) is 4.79 Å². The second-order valence-corrected chi connectivity index (χ2v) is 13.5. The van der Waals surface area contributed by atoms with Crippen LogP contribution < -0.4 is 0 Å². The Morgan fingerprint density at radius 2 is 1.19 bits per heavy atom. The molecule has 2 unspecified atom stereocenters. The number of hydrogen-bond acceptors (Lipinski definition) is 6. The van der Waals surface area contributed by atoms with Crippen molar-refractivity contribution in [3.05, 3.63) is 36.5 Å². The van der Waals surface area contributed by atoms with Gasteiger partial charge in [0.1, 0.15) is 6.61 Å². The first kappa shape index (κ1) is 44.5. The third-order valence-corrected chi connectivity index (χ3v) is 8.05. The lowest BCUT2D eigenvalue weighted by molar-refractivity contribution is -0.887. The zero-order valence-corrected chi connectivity index (χ0v) is 30.7. The predicted molar refractivity (Wildman–Crippen MR) is 192 cm³/mol. The van der Waals surface area contributed by atoms with Crippen molar-refractivity contribution in [3.63, 3.8) is 0 Å². The molecule has 0 aliphatic rings. The minimum absolute atomic E-state index is 0.0550. The molecule has 47 heavy (non-hydrogen) atoms. The van der Waals surface area contributed by atoms with Crippen LogP contribution in [0.5, 0.6) is 0 Å². The Hall–Kier alpha value is -2.45. The fourth-order valence-electron chi connectivity index (χ4n) is 5.16. The molecule has 8 heteroatoms. The quantitative estimate of drug-likeness (QED) is 0.0331. The number of unbranched alkanes of at least 4 members (excludes halogenated alkanes) is 12. The molecule has 0 aromatic carbocycles. The average Bonchev–Trinajstić information content (AvgIpc) is 3.01. The second-order valence-electron chi connectivity index (χ2n) is 13.5. The van der Waals surface area contributed by atoms with Crippen LogP contribution in [0.25, 0.3) is 0 Å². The van der Waals surface area contributed by atoms with Crippen LogP contribution in [-0.2, 0) is 28.6 Å². The van der Waals surface area contributed by atoms with Gasteiger partial charge in [0.05, 0.1) is 34.4 Å². The summed E-state index contributed by atoms with van der Waals surface area (Å²) in [4.78, 5) is 36.7. The highest BCUT2D eigenvalue weighted by Crippen LogP contribution is 2.13. The van der Waals surface area contributed by atoms with Gasteiger partial charge in [0.25, 0.3) is 0 Å². The molecule has 272 valence electrons. The first-order chi connectivity index (χ1) is 22.6. The summed E-state index contributed by atoms with van der Waals surface area (Å²) in [6, 6.07) is -0.614. The van der Waals surface area contributed by atoms with Crippen molar-refractivity contribution in [1.82, 2.24) is 0 Å². The summed E-state index contributed by atoms with van der Waals surface area (Å²) in [6.45, 7) is 4.56. The summed E-state index contributed by atoms with van der Waals surface area (Å²) >= 11 is 0. The molecule has 2 atom stereocenters. The Labute approximate surface area is 287 Å². The third-order valence-electron chi connectivity index (χ3n) is 8.05. The molecule has 0 amide bonds. The van der Waals surface area contributed by atoms with Crippen molar-refractivity contribution in [2.75, 3.05) is 41.0 Å². The van der Waals surface area contributed by atoms with Crippen LogP contribution in [0.1, 0.15) is 142 Å². The molecule has 0 spiro atoms. The molecule has 0 saturated carbocycles.